The second-order valence-electron chi connectivity index (χ2n) is 11.0. The van der Waals surface area contributed by atoms with Gasteiger partial charge in [0.15, 0.2) is 0 Å². The Labute approximate surface area is 264 Å². The van der Waals surface area contributed by atoms with Crippen molar-refractivity contribution in [3.63, 3.8) is 0 Å². The van der Waals surface area contributed by atoms with Gasteiger partial charge in [0.05, 0.1) is 0 Å². The molecule has 0 unspecified atom stereocenters. The van der Waals surface area contributed by atoms with Gasteiger partial charge in [-0.1, -0.05) is 12.1 Å². The molecule has 0 fully saturated rings. The monoisotopic (exact) mass is 784 g/mol. The molecule has 5 heteroatoms. The maximum atomic E-state index is 4.79. The molecule has 3 heterocycles. The van der Waals surface area contributed by atoms with E-state index < -0.39 is 13.3 Å². The number of aromatic nitrogens is 3. The van der Waals surface area contributed by atoms with E-state index in [1.165, 1.54) is 26.4 Å². The third-order valence-corrected chi connectivity index (χ3v) is 11.5. The Hall–Kier alpha value is -3.83. The number of fused-ring (bicyclic) bond motifs is 3. The first kappa shape index (κ1) is 29.7. The molecule has 7 rings (SSSR count). The number of rotatable bonds is 4. The molecule has 0 aliphatic heterocycles. The van der Waals surface area contributed by atoms with Crippen molar-refractivity contribution < 1.29 is 20.1 Å². The van der Waals surface area contributed by atoms with Gasteiger partial charge in [-0.2, -0.15) is 0 Å². The first-order chi connectivity index (χ1) is 20.0. The summed E-state index contributed by atoms with van der Waals surface area (Å²) in [5, 5.41) is 2.56. The van der Waals surface area contributed by atoms with Gasteiger partial charge in [-0.15, -0.1) is 35.9 Å². The summed E-state index contributed by atoms with van der Waals surface area (Å²) >= 11 is -1.95. The summed E-state index contributed by atoms with van der Waals surface area (Å²) in [7, 11) is 0. The van der Waals surface area contributed by atoms with Crippen LogP contribution in [0.4, 0.5) is 0 Å². The largest absolute Gasteiger partial charge is 0.305 e. The summed E-state index contributed by atoms with van der Waals surface area (Å²) in [6.07, 6.45) is 3.80. The van der Waals surface area contributed by atoms with E-state index in [1.807, 2.05) is 66.9 Å². The van der Waals surface area contributed by atoms with Crippen LogP contribution in [0, 0.1) is 12.1 Å². The fourth-order valence-electron chi connectivity index (χ4n) is 5.02. The summed E-state index contributed by atoms with van der Waals surface area (Å²) in [6, 6.07) is 48.0. The molecule has 7 aromatic rings. The molecule has 3 aromatic heterocycles. The van der Waals surface area contributed by atoms with Crippen molar-refractivity contribution in [1.29, 1.82) is 0 Å². The minimum atomic E-state index is -1.95. The maximum absolute atomic E-state index is 4.79. The average Bonchev–Trinajstić information content (AvgIpc) is 3.36. The van der Waals surface area contributed by atoms with E-state index >= 15 is 0 Å². The molecule has 0 saturated heterocycles. The SMILES string of the molecule is [CH3][Ge]([CH3])([CH3])[c]1ccc2c(c1)c1cc(-c3[c-]cccc3)ncc1n2-c1ccccc1.[Ir].[c-]1ccccc1-c1ccccn1. The number of para-hydroxylation sites is 1. The Balaban J connectivity index is 0.000000228. The number of hydrogen-bond acceptors (Lipinski definition) is 2. The van der Waals surface area contributed by atoms with Crippen molar-refractivity contribution in [1.82, 2.24) is 14.5 Å². The number of hydrogen-bond donors (Lipinski definition) is 0. The van der Waals surface area contributed by atoms with E-state index in [9.17, 15) is 0 Å². The van der Waals surface area contributed by atoms with E-state index in [4.69, 9.17) is 4.98 Å². The second kappa shape index (κ2) is 13.0. The Morgan fingerprint density at radius 3 is 1.86 bits per heavy atom. The summed E-state index contributed by atoms with van der Waals surface area (Å²) in [4.78, 5) is 9.01. The molecule has 209 valence electrons. The summed E-state index contributed by atoms with van der Waals surface area (Å²) in [6.45, 7) is 0. The minimum absolute atomic E-state index is 0. The number of benzene rings is 4. The Bertz CT molecular complexity index is 1860. The van der Waals surface area contributed by atoms with Crippen LogP contribution in [-0.2, 0) is 20.1 Å². The van der Waals surface area contributed by atoms with Crippen molar-refractivity contribution in [3.8, 4) is 28.2 Å². The second-order valence-corrected chi connectivity index (χ2v) is 21.7. The molecule has 0 saturated carbocycles. The van der Waals surface area contributed by atoms with Crippen LogP contribution >= 0.6 is 0 Å². The van der Waals surface area contributed by atoms with Gasteiger partial charge in [0, 0.05) is 26.3 Å². The third kappa shape index (κ3) is 6.32. The molecule has 0 spiro atoms. The van der Waals surface area contributed by atoms with E-state index in [1.54, 1.807) is 6.20 Å². The number of nitrogens with zero attached hydrogens (tertiary/aromatic N) is 3. The molecule has 0 bridgehead atoms. The van der Waals surface area contributed by atoms with Crippen LogP contribution in [0.25, 0.3) is 50.0 Å². The first-order valence-corrected chi connectivity index (χ1v) is 21.2. The molecule has 42 heavy (non-hydrogen) atoms. The fourth-order valence-corrected chi connectivity index (χ4v) is 7.45. The number of pyridine rings is 2. The van der Waals surface area contributed by atoms with Crippen LogP contribution in [0.5, 0.6) is 0 Å². The van der Waals surface area contributed by atoms with Crippen molar-refractivity contribution in [3.05, 3.63) is 146 Å². The average molecular weight is 783 g/mol. The summed E-state index contributed by atoms with van der Waals surface area (Å²) in [5.74, 6) is 7.34. The van der Waals surface area contributed by atoms with Gasteiger partial charge in [-0.3, -0.25) is 0 Å². The van der Waals surface area contributed by atoms with Crippen LogP contribution < -0.4 is 4.40 Å². The van der Waals surface area contributed by atoms with Crippen LogP contribution in [-0.4, -0.2) is 27.8 Å². The zero-order valence-electron chi connectivity index (χ0n) is 23.9. The quantitative estimate of drug-likeness (QED) is 0.132. The zero-order valence-corrected chi connectivity index (χ0v) is 28.4. The molecule has 0 aliphatic rings. The van der Waals surface area contributed by atoms with Gasteiger partial charge < -0.3 is 4.98 Å². The van der Waals surface area contributed by atoms with Gasteiger partial charge in [-0.05, 0) is 11.8 Å². The van der Waals surface area contributed by atoms with Gasteiger partial charge in [0.25, 0.3) is 0 Å². The molecule has 4 aromatic carbocycles. The zero-order chi connectivity index (χ0) is 28.2. The Morgan fingerprint density at radius 1 is 0.595 bits per heavy atom. The Morgan fingerprint density at radius 2 is 1.24 bits per heavy atom. The van der Waals surface area contributed by atoms with Gasteiger partial charge >= 0.3 is 174 Å². The van der Waals surface area contributed by atoms with E-state index in [0.29, 0.717) is 0 Å². The van der Waals surface area contributed by atoms with Crippen LogP contribution in [0.15, 0.2) is 134 Å². The first-order valence-electron chi connectivity index (χ1n) is 13.8. The minimum Gasteiger partial charge on any atom is -0.305 e. The summed E-state index contributed by atoms with van der Waals surface area (Å²) in [5.41, 5.74) is 7.55. The molecular weight excluding hydrogens is 751 g/mol. The van der Waals surface area contributed by atoms with Crippen LogP contribution in [0.2, 0.25) is 17.3 Å². The van der Waals surface area contributed by atoms with E-state index in [-0.39, 0.29) is 20.1 Å². The molecular formula is C37H31GeIrN3-2. The molecule has 1 radical (unpaired) electrons. The smallest absolute Gasteiger partial charge is 0.0160 e. The molecule has 0 aliphatic carbocycles. The van der Waals surface area contributed by atoms with Gasteiger partial charge in [0.1, 0.15) is 0 Å². The van der Waals surface area contributed by atoms with Crippen LogP contribution in [0.3, 0.4) is 0 Å². The maximum Gasteiger partial charge on any atom is 0.0160 e. The third-order valence-electron chi connectivity index (χ3n) is 7.17. The van der Waals surface area contributed by atoms with Crippen molar-refractivity contribution >= 4 is 39.5 Å². The van der Waals surface area contributed by atoms with Crippen molar-refractivity contribution in [2.45, 2.75) is 17.3 Å². The Kier molecular flexibility index (Phi) is 9.18. The van der Waals surface area contributed by atoms with Crippen molar-refractivity contribution in [2.75, 3.05) is 0 Å². The normalized spacial score (nSPS) is 11.0. The van der Waals surface area contributed by atoms with E-state index in [0.717, 1.165) is 28.0 Å². The van der Waals surface area contributed by atoms with Crippen molar-refractivity contribution in [2.24, 2.45) is 0 Å². The molecule has 0 N–H and O–H groups in total. The predicted molar refractivity (Wildman–Crippen MR) is 174 cm³/mol. The molecule has 3 nitrogen and oxygen atoms in total. The van der Waals surface area contributed by atoms with Gasteiger partial charge in [0.2, 0.25) is 0 Å². The standard InChI is InChI=1S/C26H23GeN2.C11H8N.Ir/c1-27(2,3)20-14-15-25-22(16-20)23-17-24(19-10-6-4-7-11-19)28-18-26(23)29(25)21-12-8-5-9-13-21;1-2-6-10(7-3-1)11-8-4-5-9-12-11;/h4-10,12-18H,1-3H3;1-6,8-9H;/q2*-1;. The van der Waals surface area contributed by atoms with E-state index in [2.05, 4.69) is 99.6 Å². The van der Waals surface area contributed by atoms with Gasteiger partial charge in [-0.25, -0.2) is 0 Å². The molecule has 0 atom stereocenters. The van der Waals surface area contributed by atoms with Crippen LogP contribution in [0.1, 0.15) is 0 Å². The molecule has 0 amide bonds. The predicted octanol–water partition coefficient (Wildman–Crippen LogP) is 8.74. The summed E-state index contributed by atoms with van der Waals surface area (Å²) < 4.78 is 3.85. The fraction of sp³-hybridized carbons (Fsp3) is 0.0811. The topological polar surface area (TPSA) is 30.7 Å².